The second-order valence-corrected chi connectivity index (χ2v) is 8.69. The summed E-state index contributed by atoms with van der Waals surface area (Å²) in [5, 5.41) is 13.1. The minimum atomic E-state index is -0.855. The highest BCUT2D eigenvalue weighted by molar-refractivity contribution is 6.01. The number of nitrogens with zero attached hydrogens (tertiary/aromatic N) is 3. The molecule has 0 fully saturated rings. The van der Waals surface area contributed by atoms with E-state index in [4.69, 9.17) is 9.47 Å². The number of hydrazine groups is 1. The van der Waals surface area contributed by atoms with Crippen LogP contribution in [0.2, 0.25) is 0 Å². The molecule has 9 heteroatoms. The molecule has 0 aliphatic heterocycles. The third-order valence-corrected chi connectivity index (χ3v) is 3.64. The average Bonchev–Trinajstić information content (AvgIpc) is 2.63. The van der Waals surface area contributed by atoms with E-state index in [1.807, 2.05) is 0 Å². The molecule has 0 saturated heterocycles. The molecule has 0 atom stereocenters. The van der Waals surface area contributed by atoms with E-state index in [1.165, 1.54) is 24.3 Å². The maximum atomic E-state index is 13.2. The van der Waals surface area contributed by atoms with Crippen molar-refractivity contribution >= 4 is 29.2 Å². The topological polar surface area (TPSA) is 102 Å². The van der Waals surface area contributed by atoms with Crippen LogP contribution in [0.15, 0.2) is 54.6 Å². The van der Waals surface area contributed by atoms with E-state index in [2.05, 4.69) is 0 Å². The Hall–Kier alpha value is -3.62. The largest absolute Gasteiger partial charge is 0.442 e. The Morgan fingerprint density at radius 2 is 1.13 bits per heavy atom. The number of hydrogen-bond donors (Lipinski definition) is 0. The van der Waals surface area contributed by atoms with Gasteiger partial charge in [-0.1, -0.05) is 18.2 Å². The molecule has 0 spiro atoms. The number of benzene rings is 2. The number of ether oxygens (including phenoxy) is 2. The summed E-state index contributed by atoms with van der Waals surface area (Å²) in [6, 6.07) is 13.6. The number of nitro benzene ring substituents is 1. The van der Waals surface area contributed by atoms with Gasteiger partial charge < -0.3 is 9.47 Å². The van der Waals surface area contributed by atoms with Crippen LogP contribution >= 0.6 is 0 Å². The molecule has 9 nitrogen and oxygen atoms in total. The quantitative estimate of drug-likeness (QED) is 0.458. The Kier molecular flexibility index (Phi) is 6.89. The summed E-state index contributed by atoms with van der Waals surface area (Å²) >= 11 is 0. The van der Waals surface area contributed by atoms with E-state index in [9.17, 15) is 19.7 Å². The van der Waals surface area contributed by atoms with E-state index in [1.54, 1.807) is 71.9 Å². The minimum absolute atomic E-state index is 0.156. The van der Waals surface area contributed by atoms with Crippen molar-refractivity contribution in [1.29, 1.82) is 0 Å². The zero-order valence-corrected chi connectivity index (χ0v) is 18.5. The fraction of sp³-hybridized carbons (Fsp3) is 0.364. The average molecular weight is 429 g/mol. The molecule has 0 saturated carbocycles. The summed E-state index contributed by atoms with van der Waals surface area (Å²) in [7, 11) is 0. The standard InChI is InChI=1S/C22H27N3O6/c1-21(2,3)30-19(26)23(16-10-8-7-9-11-16)24(20(27)31-22(4,5)6)17-12-14-18(15-13-17)25(28)29/h7-15H,1-6H3. The van der Waals surface area contributed by atoms with Crippen LogP contribution in [0.3, 0.4) is 0 Å². The lowest BCUT2D eigenvalue weighted by Crippen LogP contribution is -2.53. The van der Waals surface area contributed by atoms with E-state index < -0.39 is 28.3 Å². The highest BCUT2D eigenvalue weighted by Crippen LogP contribution is 2.28. The SMILES string of the molecule is CC(C)(C)OC(=O)N(c1ccccc1)N(C(=O)OC(C)(C)C)c1ccc([N+](=O)[O-])cc1. The molecule has 0 radical (unpaired) electrons. The molecular formula is C22H27N3O6. The number of non-ortho nitro benzene ring substituents is 1. The summed E-state index contributed by atoms with van der Waals surface area (Å²) in [4.78, 5) is 36.8. The minimum Gasteiger partial charge on any atom is -0.442 e. The number of para-hydroxylation sites is 1. The number of carbonyl (C=O) groups is 2. The first-order chi connectivity index (χ1) is 14.3. The van der Waals surface area contributed by atoms with Crippen LogP contribution in [0.1, 0.15) is 41.5 Å². The Morgan fingerprint density at radius 1 is 0.742 bits per heavy atom. The predicted molar refractivity (Wildman–Crippen MR) is 117 cm³/mol. The smallest absolute Gasteiger partial charge is 0.434 e. The second kappa shape index (κ2) is 9.03. The summed E-state index contributed by atoms with van der Waals surface area (Å²) < 4.78 is 11.0. The van der Waals surface area contributed by atoms with Gasteiger partial charge in [0.1, 0.15) is 11.2 Å². The molecule has 2 amide bonds. The number of nitro groups is 1. The van der Waals surface area contributed by atoms with Gasteiger partial charge in [-0.05, 0) is 65.8 Å². The van der Waals surface area contributed by atoms with Gasteiger partial charge in [0.05, 0.1) is 16.3 Å². The van der Waals surface area contributed by atoms with E-state index in [-0.39, 0.29) is 11.4 Å². The van der Waals surface area contributed by atoms with Gasteiger partial charge in [0.25, 0.3) is 5.69 Å². The van der Waals surface area contributed by atoms with Crippen LogP contribution in [0.5, 0.6) is 0 Å². The maximum absolute atomic E-state index is 13.2. The molecule has 0 N–H and O–H groups in total. The van der Waals surface area contributed by atoms with Crippen LogP contribution in [-0.4, -0.2) is 28.3 Å². The second-order valence-electron chi connectivity index (χ2n) is 8.69. The van der Waals surface area contributed by atoms with Gasteiger partial charge in [-0.25, -0.2) is 9.59 Å². The van der Waals surface area contributed by atoms with E-state index >= 15 is 0 Å². The first kappa shape index (κ1) is 23.7. The Balaban J connectivity index is 2.63. The number of hydrogen-bond acceptors (Lipinski definition) is 6. The van der Waals surface area contributed by atoms with Gasteiger partial charge >= 0.3 is 12.2 Å². The van der Waals surface area contributed by atoms with Crippen LogP contribution < -0.4 is 10.0 Å². The van der Waals surface area contributed by atoms with Gasteiger partial charge in [0.15, 0.2) is 0 Å². The Labute approximate surface area is 181 Å². The normalized spacial score (nSPS) is 11.4. The van der Waals surface area contributed by atoms with Crippen LogP contribution in [0, 0.1) is 10.1 Å². The molecule has 0 aliphatic rings. The highest BCUT2D eigenvalue weighted by atomic mass is 16.6. The summed E-state index contributed by atoms with van der Waals surface area (Å²) in [6.07, 6.45) is -1.67. The first-order valence-corrected chi connectivity index (χ1v) is 9.64. The molecule has 2 aromatic rings. The van der Waals surface area contributed by atoms with Crippen LogP contribution in [0.4, 0.5) is 26.7 Å². The predicted octanol–water partition coefficient (Wildman–Crippen LogP) is 5.69. The van der Waals surface area contributed by atoms with Crippen molar-refractivity contribution in [2.24, 2.45) is 0 Å². The summed E-state index contributed by atoms with van der Waals surface area (Å²) in [5.74, 6) is 0. The van der Waals surface area contributed by atoms with Crippen LogP contribution in [-0.2, 0) is 9.47 Å². The lowest BCUT2D eigenvalue weighted by atomic mass is 10.2. The van der Waals surface area contributed by atoms with Crippen molar-refractivity contribution in [3.8, 4) is 0 Å². The van der Waals surface area contributed by atoms with E-state index in [0.717, 1.165) is 10.0 Å². The van der Waals surface area contributed by atoms with Gasteiger partial charge in [-0.2, -0.15) is 10.0 Å². The lowest BCUT2D eigenvalue weighted by molar-refractivity contribution is -0.384. The Bertz CT molecular complexity index is 930. The van der Waals surface area contributed by atoms with Gasteiger partial charge in [-0.3, -0.25) is 10.1 Å². The van der Waals surface area contributed by atoms with Gasteiger partial charge in [0, 0.05) is 12.1 Å². The molecule has 0 heterocycles. The first-order valence-electron chi connectivity index (χ1n) is 9.64. The third-order valence-electron chi connectivity index (χ3n) is 3.64. The molecule has 2 rings (SSSR count). The Morgan fingerprint density at radius 3 is 1.48 bits per heavy atom. The fourth-order valence-electron chi connectivity index (χ4n) is 2.50. The molecule has 0 unspecified atom stereocenters. The van der Waals surface area contributed by atoms with Crippen molar-refractivity contribution in [3.05, 3.63) is 64.7 Å². The molecule has 31 heavy (non-hydrogen) atoms. The number of rotatable bonds is 3. The summed E-state index contributed by atoms with van der Waals surface area (Å²) in [5.41, 5.74) is -1.31. The molecule has 0 bridgehead atoms. The van der Waals surface area contributed by atoms with Gasteiger partial charge in [0.2, 0.25) is 0 Å². The van der Waals surface area contributed by atoms with Crippen molar-refractivity contribution in [3.63, 3.8) is 0 Å². The number of carbonyl (C=O) groups excluding carboxylic acids is 2. The third kappa shape index (κ3) is 6.70. The maximum Gasteiger partial charge on any atom is 0.434 e. The monoisotopic (exact) mass is 429 g/mol. The fourth-order valence-corrected chi connectivity index (χ4v) is 2.50. The van der Waals surface area contributed by atoms with Crippen molar-refractivity contribution in [2.45, 2.75) is 52.7 Å². The van der Waals surface area contributed by atoms with Crippen LogP contribution in [0.25, 0.3) is 0 Å². The number of anilines is 2. The molecule has 2 aromatic carbocycles. The van der Waals surface area contributed by atoms with Crippen molar-refractivity contribution in [2.75, 3.05) is 10.0 Å². The van der Waals surface area contributed by atoms with E-state index in [0.29, 0.717) is 5.69 Å². The molecular weight excluding hydrogens is 402 g/mol. The number of amides is 2. The molecule has 0 aliphatic carbocycles. The molecule has 0 aromatic heterocycles. The lowest BCUT2D eigenvalue weighted by Gasteiger charge is -2.36. The van der Waals surface area contributed by atoms with Crippen molar-refractivity contribution < 1.29 is 24.0 Å². The van der Waals surface area contributed by atoms with Gasteiger partial charge in [-0.15, -0.1) is 0 Å². The zero-order valence-electron chi connectivity index (χ0n) is 18.5. The molecule has 166 valence electrons. The highest BCUT2D eigenvalue weighted by Gasteiger charge is 2.35. The van der Waals surface area contributed by atoms with Crippen molar-refractivity contribution in [1.82, 2.24) is 0 Å². The summed E-state index contributed by atoms with van der Waals surface area (Å²) in [6.45, 7) is 10.2. The zero-order chi connectivity index (χ0) is 23.4.